The third kappa shape index (κ3) is 3.81. The van der Waals surface area contributed by atoms with Crippen LogP contribution in [0.3, 0.4) is 0 Å². The van der Waals surface area contributed by atoms with E-state index in [1.54, 1.807) is 6.92 Å². The highest BCUT2D eigenvalue weighted by Crippen LogP contribution is 2.14. The Labute approximate surface area is 120 Å². The lowest BCUT2D eigenvalue weighted by atomic mass is 10.2. The Morgan fingerprint density at radius 2 is 1.80 bits per heavy atom. The fourth-order valence-corrected chi connectivity index (χ4v) is 2.15. The van der Waals surface area contributed by atoms with Crippen LogP contribution in [0.1, 0.15) is 31.1 Å². The standard InChI is InChI=1S/C15H22N4O/c1-4-19(5-2)14-8-6-13(7-9-14)10-16-11-15-17-12(3)20-18-15/h6-9,16H,4-5,10-11H2,1-3H3. The van der Waals surface area contributed by atoms with Gasteiger partial charge in [-0.25, -0.2) is 0 Å². The molecule has 0 aliphatic carbocycles. The van der Waals surface area contributed by atoms with Crippen molar-refractivity contribution >= 4 is 5.69 Å². The fraction of sp³-hybridized carbons (Fsp3) is 0.467. The van der Waals surface area contributed by atoms with Gasteiger partial charge in [0.1, 0.15) is 0 Å². The molecule has 0 atom stereocenters. The molecule has 0 bridgehead atoms. The molecule has 5 nitrogen and oxygen atoms in total. The van der Waals surface area contributed by atoms with Gasteiger partial charge in [0.15, 0.2) is 5.82 Å². The van der Waals surface area contributed by atoms with Crippen molar-refractivity contribution in [1.82, 2.24) is 15.5 Å². The minimum atomic E-state index is 0.602. The molecular weight excluding hydrogens is 252 g/mol. The maximum atomic E-state index is 4.93. The molecule has 0 saturated carbocycles. The van der Waals surface area contributed by atoms with Crippen LogP contribution in [-0.2, 0) is 13.1 Å². The zero-order valence-electron chi connectivity index (χ0n) is 12.4. The first-order valence-corrected chi connectivity index (χ1v) is 7.06. The highest BCUT2D eigenvalue weighted by atomic mass is 16.5. The van der Waals surface area contributed by atoms with Gasteiger partial charge in [0.25, 0.3) is 0 Å². The highest BCUT2D eigenvalue weighted by molar-refractivity contribution is 5.47. The van der Waals surface area contributed by atoms with Crippen LogP contribution in [0.25, 0.3) is 0 Å². The van der Waals surface area contributed by atoms with Crippen molar-refractivity contribution in [2.24, 2.45) is 0 Å². The second-order valence-corrected chi connectivity index (χ2v) is 4.67. The van der Waals surface area contributed by atoms with Crippen molar-refractivity contribution in [3.8, 4) is 0 Å². The minimum Gasteiger partial charge on any atom is -0.372 e. The largest absolute Gasteiger partial charge is 0.372 e. The molecule has 0 amide bonds. The molecule has 2 rings (SSSR count). The summed E-state index contributed by atoms with van der Waals surface area (Å²) in [6, 6.07) is 8.65. The quantitative estimate of drug-likeness (QED) is 0.840. The third-order valence-corrected chi connectivity index (χ3v) is 3.25. The van der Waals surface area contributed by atoms with Gasteiger partial charge in [0.2, 0.25) is 5.89 Å². The van der Waals surface area contributed by atoms with Crippen molar-refractivity contribution in [3.63, 3.8) is 0 Å². The number of aryl methyl sites for hydroxylation is 1. The van der Waals surface area contributed by atoms with Gasteiger partial charge < -0.3 is 14.7 Å². The lowest BCUT2D eigenvalue weighted by Crippen LogP contribution is -2.21. The Balaban J connectivity index is 1.84. The Hall–Kier alpha value is -1.88. The number of hydrogen-bond donors (Lipinski definition) is 1. The number of anilines is 1. The number of nitrogens with zero attached hydrogens (tertiary/aromatic N) is 3. The molecule has 0 aliphatic rings. The topological polar surface area (TPSA) is 54.2 Å². The van der Waals surface area contributed by atoms with E-state index < -0.39 is 0 Å². The maximum Gasteiger partial charge on any atom is 0.223 e. The van der Waals surface area contributed by atoms with Crippen molar-refractivity contribution in [2.45, 2.75) is 33.9 Å². The normalized spacial score (nSPS) is 10.8. The molecule has 2 aromatic rings. The number of benzene rings is 1. The van der Waals surface area contributed by atoms with E-state index in [0.717, 1.165) is 19.6 Å². The van der Waals surface area contributed by atoms with E-state index in [1.807, 2.05) is 0 Å². The van der Waals surface area contributed by atoms with Crippen molar-refractivity contribution in [2.75, 3.05) is 18.0 Å². The van der Waals surface area contributed by atoms with Crippen LogP contribution in [0.5, 0.6) is 0 Å². The summed E-state index contributed by atoms with van der Waals surface area (Å²) in [6.07, 6.45) is 0. The number of rotatable bonds is 7. The van der Waals surface area contributed by atoms with E-state index in [9.17, 15) is 0 Å². The minimum absolute atomic E-state index is 0.602. The summed E-state index contributed by atoms with van der Waals surface area (Å²) in [7, 11) is 0. The first-order chi connectivity index (χ1) is 9.72. The Morgan fingerprint density at radius 1 is 1.10 bits per heavy atom. The predicted octanol–water partition coefficient (Wildman–Crippen LogP) is 2.51. The van der Waals surface area contributed by atoms with E-state index in [-0.39, 0.29) is 0 Å². The summed E-state index contributed by atoms with van der Waals surface area (Å²) in [5.74, 6) is 1.30. The summed E-state index contributed by atoms with van der Waals surface area (Å²) >= 11 is 0. The molecule has 0 fully saturated rings. The first kappa shape index (κ1) is 14.5. The van der Waals surface area contributed by atoms with E-state index in [0.29, 0.717) is 18.3 Å². The zero-order valence-corrected chi connectivity index (χ0v) is 12.4. The number of hydrogen-bond acceptors (Lipinski definition) is 5. The summed E-state index contributed by atoms with van der Waals surface area (Å²) in [4.78, 5) is 6.49. The average Bonchev–Trinajstić information content (AvgIpc) is 2.87. The molecule has 1 N–H and O–H groups in total. The molecule has 0 saturated heterocycles. The fourth-order valence-electron chi connectivity index (χ4n) is 2.15. The van der Waals surface area contributed by atoms with Gasteiger partial charge in [-0.05, 0) is 31.5 Å². The van der Waals surface area contributed by atoms with Gasteiger partial charge in [0.05, 0.1) is 6.54 Å². The van der Waals surface area contributed by atoms with Crippen LogP contribution in [0.15, 0.2) is 28.8 Å². The monoisotopic (exact) mass is 274 g/mol. The lowest BCUT2D eigenvalue weighted by molar-refractivity contribution is 0.385. The van der Waals surface area contributed by atoms with Crippen LogP contribution in [0.2, 0.25) is 0 Å². The second kappa shape index (κ2) is 7.05. The summed E-state index contributed by atoms with van der Waals surface area (Å²) in [5, 5.41) is 7.16. The molecule has 0 aliphatic heterocycles. The van der Waals surface area contributed by atoms with Crippen molar-refractivity contribution < 1.29 is 4.52 Å². The molecule has 5 heteroatoms. The van der Waals surface area contributed by atoms with Crippen LogP contribution < -0.4 is 10.2 Å². The number of nitrogens with one attached hydrogen (secondary N) is 1. The van der Waals surface area contributed by atoms with Crippen molar-refractivity contribution in [1.29, 1.82) is 0 Å². The van der Waals surface area contributed by atoms with Crippen LogP contribution in [0.4, 0.5) is 5.69 Å². The molecule has 1 aromatic carbocycles. The van der Waals surface area contributed by atoms with Gasteiger partial charge in [-0.15, -0.1) is 0 Å². The van der Waals surface area contributed by atoms with Gasteiger partial charge in [-0.1, -0.05) is 17.3 Å². The number of aromatic nitrogens is 2. The molecule has 0 spiro atoms. The van der Waals surface area contributed by atoms with Crippen molar-refractivity contribution in [3.05, 3.63) is 41.5 Å². The van der Waals surface area contributed by atoms with Crippen LogP contribution in [-0.4, -0.2) is 23.2 Å². The maximum absolute atomic E-state index is 4.93. The average molecular weight is 274 g/mol. The Kier molecular flexibility index (Phi) is 5.12. The zero-order chi connectivity index (χ0) is 14.4. The molecule has 1 heterocycles. The highest BCUT2D eigenvalue weighted by Gasteiger charge is 2.03. The molecular formula is C15H22N4O. The van der Waals surface area contributed by atoms with Gasteiger partial charge in [-0.2, -0.15) is 4.98 Å². The van der Waals surface area contributed by atoms with Crippen LogP contribution in [0, 0.1) is 6.92 Å². The van der Waals surface area contributed by atoms with E-state index in [1.165, 1.54) is 11.3 Å². The van der Waals surface area contributed by atoms with E-state index in [4.69, 9.17) is 4.52 Å². The predicted molar refractivity (Wildman–Crippen MR) is 79.6 cm³/mol. The Bertz CT molecular complexity index is 517. The SMILES string of the molecule is CCN(CC)c1ccc(CNCc2noc(C)n2)cc1. The molecule has 1 aromatic heterocycles. The molecule has 0 unspecified atom stereocenters. The molecule has 0 radical (unpaired) electrons. The molecule has 20 heavy (non-hydrogen) atoms. The Morgan fingerprint density at radius 3 is 2.35 bits per heavy atom. The summed E-state index contributed by atoms with van der Waals surface area (Å²) < 4.78 is 4.93. The lowest BCUT2D eigenvalue weighted by Gasteiger charge is -2.21. The second-order valence-electron chi connectivity index (χ2n) is 4.67. The van der Waals surface area contributed by atoms with Crippen LogP contribution >= 0.6 is 0 Å². The molecule has 108 valence electrons. The van der Waals surface area contributed by atoms with Gasteiger partial charge in [0, 0.05) is 32.2 Å². The van der Waals surface area contributed by atoms with Gasteiger partial charge in [-0.3, -0.25) is 0 Å². The third-order valence-electron chi connectivity index (χ3n) is 3.25. The van der Waals surface area contributed by atoms with E-state index in [2.05, 4.69) is 58.5 Å². The summed E-state index contributed by atoms with van der Waals surface area (Å²) in [5.41, 5.74) is 2.52. The first-order valence-electron chi connectivity index (χ1n) is 7.06. The summed E-state index contributed by atoms with van der Waals surface area (Å²) in [6.45, 7) is 9.62. The smallest absolute Gasteiger partial charge is 0.223 e. The van der Waals surface area contributed by atoms with Gasteiger partial charge >= 0.3 is 0 Å². The van der Waals surface area contributed by atoms with E-state index >= 15 is 0 Å².